The largest absolute Gasteiger partial charge is 0.495 e. The molecule has 0 saturated carbocycles. The number of hydrogen-bond acceptors (Lipinski definition) is 6. The van der Waals surface area contributed by atoms with Gasteiger partial charge in [-0.05, 0) is 19.1 Å². The number of halogens is 3. The average molecular weight is 507 g/mol. The van der Waals surface area contributed by atoms with Crippen molar-refractivity contribution < 1.29 is 17.9 Å². The third-order valence-corrected chi connectivity index (χ3v) is 5.56. The number of methoxy groups -OCH3 is 1. The normalized spacial score (nSPS) is 11.6. The number of nitrogens with zero attached hydrogens (tertiary/aromatic N) is 7. The van der Waals surface area contributed by atoms with Crippen LogP contribution < -0.4 is 10.3 Å². The average Bonchev–Trinajstić information content (AvgIpc) is 3.54. The molecule has 0 N–H and O–H groups in total. The number of aryl methyl sites for hydroxylation is 1. The molecule has 0 aliphatic carbocycles. The highest BCUT2D eigenvalue weighted by atomic mass is 19.4. The Bertz CT molecular complexity index is 1620. The van der Waals surface area contributed by atoms with Crippen molar-refractivity contribution in [1.29, 1.82) is 0 Å². The maximum absolute atomic E-state index is 13.0. The number of ether oxygens (including phenoxy) is 1. The van der Waals surface area contributed by atoms with Crippen molar-refractivity contribution in [1.82, 2.24) is 34.3 Å². The van der Waals surface area contributed by atoms with Gasteiger partial charge in [0.2, 0.25) is 0 Å². The molecule has 5 aromatic rings. The summed E-state index contributed by atoms with van der Waals surface area (Å²) in [7, 11) is 1.55. The molecule has 0 spiro atoms. The summed E-state index contributed by atoms with van der Waals surface area (Å²) in [5.74, 6) is 0.575. The number of alkyl halides is 3. The lowest BCUT2D eigenvalue weighted by atomic mass is 10.1. The molecule has 12 heteroatoms. The van der Waals surface area contributed by atoms with Crippen LogP contribution in [-0.4, -0.2) is 47.6 Å². The molecule has 0 aliphatic heterocycles. The van der Waals surface area contributed by atoms with E-state index in [4.69, 9.17) is 4.74 Å². The third-order valence-electron chi connectivity index (χ3n) is 5.56. The van der Waals surface area contributed by atoms with Crippen LogP contribution in [0.25, 0.3) is 33.9 Å². The van der Waals surface area contributed by atoms with Crippen molar-refractivity contribution in [3.8, 4) is 39.6 Å². The van der Waals surface area contributed by atoms with Gasteiger partial charge in [0.1, 0.15) is 23.7 Å². The monoisotopic (exact) mass is 507 g/mol. The standard InChI is InChI=1S/C25H20F3N7O2/c1-16-12-33(15-29-16)20-9-8-18(10-22(20)37-2)19-13-34(32-30-19)21-11-23(36)35(14-25(26,27)28)31-24(21)17-6-4-3-5-7-17/h3-13,15H,14H2,1-2H3. The van der Waals surface area contributed by atoms with E-state index < -0.39 is 18.3 Å². The van der Waals surface area contributed by atoms with Crippen LogP contribution in [0.2, 0.25) is 0 Å². The number of imidazole rings is 1. The van der Waals surface area contributed by atoms with Crippen LogP contribution in [0.4, 0.5) is 13.2 Å². The summed E-state index contributed by atoms with van der Waals surface area (Å²) in [5.41, 5.74) is 2.75. The Morgan fingerprint density at radius 1 is 0.973 bits per heavy atom. The minimum Gasteiger partial charge on any atom is -0.495 e. The van der Waals surface area contributed by atoms with Gasteiger partial charge in [-0.2, -0.15) is 18.3 Å². The fourth-order valence-electron chi connectivity index (χ4n) is 3.86. The molecule has 0 fully saturated rings. The lowest BCUT2D eigenvalue weighted by molar-refractivity contribution is -0.143. The topological polar surface area (TPSA) is 92.6 Å². The summed E-state index contributed by atoms with van der Waals surface area (Å²) in [6, 6.07) is 15.1. The number of benzene rings is 2. The zero-order chi connectivity index (χ0) is 26.2. The van der Waals surface area contributed by atoms with Crippen LogP contribution in [0, 0.1) is 6.92 Å². The molecule has 9 nitrogen and oxygen atoms in total. The van der Waals surface area contributed by atoms with Crippen LogP contribution in [0.3, 0.4) is 0 Å². The van der Waals surface area contributed by atoms with Gasteiger partial charge in [0, 0.05) is 23.4 Å². The molecule has 2 aromatic carbocycles. The van der Waals surface area contributed by atoms with E-state index >= 15 is 0 Å². The van der Waals surface area contributed by atoms with Crippen molar-refractivity contribution in [3.05, 3.63) is 89.4 Å². The van der Waals surface area contributed by atoms with Gasteiger partial charge in [0.05, 0.1) is 36.7 Å². The van der Waals surface area contributed by atoms with Crippen molar-refractivity contribution in [2.45, 2.75) is 19.6 Å². The second-order valence-electron chi connectivity index (χ2n) is 8.21. The summed E-state index contributed by atoms with van der Waals surface area (Å²) < 4.78 is 48.2. The fourth-order valence-corrected chi connectivity index (χ4v) is 3.86. The fraction of sp³-hybridized carbons (Fsp3) is 0.160. The van der Waals surface area contributed by atoms with Gasteiger partial charge in [0.25, 0.3) is 5.56 Å². The van der Waals surface area contributed by atoms with Gasteiger partial charge in [-0.25, -0.2) is 14.3 Å². The predicted molar refractivity (Wildman–Crippen MR) is 129 cm³/mol. The molecule has 0 bridgehead atoms. The van der Waals surface area contributed by atoms with Gasteiger partial charge in [0.15, 0.2) is 0 Å². The lowest BCUT2D eigenvalue weighted by Gasteiger charge is -2.13. The first-order chi connectivity index (χ1) is 17.7. The van der Waals surface area contributed by atoms with Crippen LogP contribution in [-0.2, 0) is 6.54 Å². The van der Waals surface area contributed by atoms with E-state index in [0.717, 1.165) is 17.4 Å². The number of aromatic nitrogens is 7. The Labute approximate surface area is 208 Å². The third kappa shape index (κ3) is 4.99. The highest BCUT2D eigenvalue weighted by Crippen LogP contribution is 2.30. The summed E-state index contributed by atoms with van der Waals surface area (Å²) in [5, 5.41) is 12.4. The molecule has 188 valence electrons. The highest BCUT2D eigenvalue weighted by Gasteiger charge is 2.30. The Morgan fingerprint density at radius 3 is 2.43 bits per heavy atom. The van der Waals surface area contributed by atoms with E-state index in [1.807, 2.05) is 29.8 Å². The summed E-state index contributed by atoms with van der Waals surface area (Å²) in [4.78, 5) is 16.8. The Kier molecular flexibility index (Phi) is 6.07. The molecule has 0 saturated heterocycles. The van der Waals surface area contributed by atoms with Gasteiger partial charge >= 0.3 is 6.18 Å². The van der Waals surface area contributed by atoms with Gasteiger partial charge in [-0.1, -0.05) is 41.6 Å². The van der Waals surface area contributed by atoms with E-state index in [2.05, 4.69) is 20.4 Å². The first-order valence-electron chi connectivity index (χ1n) is 11.1. The van der Waals surface area contributed by atoms with E-state index in [-0.39, 0.29) is 11.4 Å². The molecule has 0 unspecified atom stereocenters. The molecule has 37 heavy (non-hydrogen) atoms. The van der Waals surface area contributed by atoms with Crippen LogP contribution >= 0.6 is 0 Å². The van der Waals surface area contributed by atoms with E-state index in [1.54, 1.807) is 56.0 Å². The molecular formula is C25H20F3N7O2. The summed E-state index contributed by atoms with van der Waals surface area (Å²) >= 11 is 0. The number of hydrogen-bond donors (Lipinski definition) is 0. The zero-order valence-electron chi connectivity index (χ0n) is 19.7. The SMILES string of the molecule is COc1cc(-c2cn(-c3cc(=O)n(CC(F)(F)F)nc3-c3ccccc3)nn2)ccc1-n1cnc(C)c1. The van der Waals surface area contributed by atoms with E-state index in [9.17, 15) is 18.0 Å². The maximum atomic E-state index is 13.0. The lowest BCUT2D eigenvalue weighted by Crippen LogP contribution is -2.31. The van der Waals surface area contributed by atoms with E-state index in [1.165, 1.54) is 4.68 Å². The minimum atomic E-state index is -4.60. The van der Waals surface area contributed by atoms with E-state index in [0.29, 0.717) is 27.3 Å². The maximum Gasteiger partial charge on any atom is 0.408 e. The molecule has 3 aromatic heterocycles. The zero-order valence-corrected chi connectivity index (χ0v) is 19.7. The number of rotatable bonds is 6. The summed E-state index contributed by atoms with van der Waals surface area (Å²) in [6.07, 6.45) is 0.523. The minimum absolute atomic E-state index is 0.157. The Hall–Kier alpha value is -4.74. The smallest absolute Gasteiger partial charge is 0.408 e. The molecule has 0 atom stereocenters. The first-order valence-corrected chi connectivity index (χ1v) is 11.1. The Balaban J connectivity index is 1.57. The van der Waals surface area contributed by atoms with Crippen molar-refractivity contribution >= 4 is 0 Å². The molecular weight excluding hydrogens is 487 g/mol. The summed E-state index contributed by atoms with van der Waals surface area (Å²) in [6.45, 7) is 0.382. The van der Waals surface area contributed by atoms with Gasteiger partial charge in [-0.15, -0.1) is 5.10 Å². The van der Waals surface area contributed by atoms with Crippen LogP contribution in [0.1, 0.15) is 5.69 Å². The molecule has 0 amide bonds. The molecule has 0 radical (unpaired) electrons. The molecule has 3 heterocycles. The van der Waals surface area contributed by atoms with Crippen LogP contribution in [0.5, 0.6) is 5.75 Å². The van der Waals surface area contributed by atoms with Crippen molar-refractivity contribution in [3.63, 3.8) is 0 Å². The first kappa shape index (κ1) is 24.0. The Morgan fingerprint density at radius 2 is 1.76 bits per heavy atom. The van der Waals surface area contributed by atoms with Gasteiger partial charge < -0.3 is 9.30 Å². The highest BCUT2D eigenvalue weighted by molar-refractivity contribution is 5.69. The quantitative estimate of drug-likeness (QED) is 0.342. The predicted octanol–water partition coefficient (Wildman–Crippen LogP) is 4.22. The van der Waals surface area contributed by atoms with Gasteiger partial charge in [-0.3, -0.25) is 4.79 Å². The van der Waals surface area contributed by atoms with Crippen molar-refractivity contribution in [2.75, 3.05) is 7.11 Å². The van der Waals surface area contributed by atoms with Crippen LogP contribution in [0.15, 0.2) is 78.1 Å². The second kappa shape index (κ2) is 9.37. The molecule has 0 aliphatic rings. The second-order valence-corrected chi connectivity index (χ2v) is 8.21. The molecule has 5 rings (SSSR count). The van der Waals surface area contributed by atoms with Crippen molar-refractivity contribution in [2.24, 2.45) is 0 Å².